The van der Waals surface area contributed by atoms with Crippen LogP contribution < -0.4 is 4.74 Å². The molecule has 5 atom stereocenters. The maximum Gasteiger partial charge on any atom is 0.285 e. The smallest absolute Gasteiger partial charge is 0.285 e. The minimum Gasteiger partial charge on any atom is -0.489 e. The van der Waals surface area contributed by atoms with Gasteiger partial charge in [-0.1, -0.05) is 61.0 Å². The van der Waals surface area contributed by atoms with E-state index in [0.717, 1.165) is 49.0 Å². The molecule has 2 fully saturated rings. The normalized spacial score (nSPS) is 28.5. The lowest BCUT2D eigenvalue weighted by molar-refractivity contribution is -0.0998. The predicted molar refractivity (Wildman–Crippen MR) is 169 cm³/mol. The van der Waals surface area contributed by atoms with Gasteiger partial charge in [0.25, 0.3) is 10.0 Å². The molecule has 0 amide bonds. The van der Waals surface area contributed by atoms with Gasteiger partial charge < -0.3 is 14.6 Å². The molecule has 0 aromatic heterocycles. The van der Waals surface area contributed by atoms with Crippen molar-refractivity contribution < 1.29 is 23.0 Å². The fourth-order valence-electron chi connectivity index (χ4n) is 8.21. The Morgan fingerprint density at radius 2 is 1.77 bits per heavy atom. The fourth-order valence-corrected chi connectivity index (χ4v) is 9.18. The van der Waals surface area contributed by atoms with E-state index < -0.39 is 15.6 Å². The molecule has 0 heterocycles. The van der Waals surface area contributed by atoms with E-state index in [2.05, 4.69) is 41.7 Å². The third-order valence-electron chi connectivity index (χ3n) is 10.6. The van der Waals surface area contributed by atoms with Crippen LogP contribution in [-0.2, 0) is 27.8 Å². The maximum absolute atomic E-state index is 13.2. The molecule has 228 valence electrons. The molecule has 7 heteroatoms. The average molecular weight is 602 g/mol. The number of fused-ring (bicyclic) bond motifs is 5. The van der Waals surface area contributed by atoms with E-state index in [4.69, 9.17) is 9.47 Å². The van der Waals surface area contributed by atoms with Crippen molar-refractivity contribution in [3.8, 4) is 5.75 Å². The topological polar surface area (TPSA) is 85.2 Å². The summed E-state index contributed by atoms with van der Waals surface area (Å²) in [5.41, 5.74) is 3.54. The van der Waals surface area contributed by atoms with Crippen LogP contribution in [0, 0.1) is 24.2 Å². The van der Waals surface area contributed by atoms with Crippen LogP contribution in [0.3, 0.4) is 0 Å². The zero-order valence-corrected chi connectivity index (χ0v) is 26.3. The monoisotopic (exact) mass is 601 g/mol. The number of ether oxygens (including phenoxy) is 2. The third kappa shape index (κ3) is 5.74. The van der Waals surface area contributed by atoms with Gasteiger partial charge in [-0.2, -0.15) is 8.42 Å². The second-order valence-electron chi connectivity index (χ2n) is 13.0. The third-order valence-corrected chi connectivity index (χ3v) is 11.9. The lowest BCUT2D eigenvalue weighted by Gasteiger charge is -2.53. The molecule has 3 aromatic rings. The van der Waals surface area contributed by atoms with Gasteiger partial charge in [-0.3, -0.25) is 0 Å². The molecule has 6 nitrogen and oxygen atoms in total. The summed E-state index contributed by atoms with van der Waals surface area (Å²) in [5, 5.41) is 12.2. The predicted octanol–water partition coefficient (Wildman–Crippen LogP) is 7.38. The van der Waals surface area contributed by atoms with E-state index >= 15 is 0 Å². The van der Waals surface area contributed by atoms with E-state index in [1.165, 1.54) is 11.1 Å². The number of aryl methyl sites for hydroxylation is 2. The summed E-state index contributed by atoms with van der Waals surface area (Å²) in [5.74, 6) is 2.33. The van der Waals surface area contributed by atoms with E-state index in [1.54, 1.807) is 24.3 Å². The van der Waals surface area contributed by atoms with Gasteiger partial charge in [-0.15, -0.1) is 4.40 Å². The van der Waals surface area contributed by atoms with Crippen LogP contribution in [0.15, 0.2) is 82.1 Å². The molecule has 1 N–H and O–H groups in total. The van der Waals surface area contributed by atoms with Crippen LogP contribution in [0.2, 0.25) is 0 Å². The number of sulfonamides is 1. The van der Waals surface area contributed by atoms with Crippen molar-refractivity contribution in [2.45, 2.75) is 88.7 Å². The van der Waals surface area contributed by atoms with Crippen molar-refractivity contribution in [3.05, 3.63) is 95.1 Å². The molecule has 0 spiro atoms. The minimum atomic E-state index is -3.95. The lowest BCUT2D eigenvalue weighted by atomic mass is 9.53. The molecule has 0 bridgehead atoms. The first-order valence-electron chi connectivity index (χ1n) is 15.7. The molecule has 0 radical (unpaired) electrons. The summed E-state index contributed by atoms with van der Waals surface area (Å²) >= 11 is 0. The van der Waals surface area contributed by atoms with Crippen molar-refractivity contribution >= 4 is 15.9 Å². The lowest BCUT2D eigenvalue weighted by Crippen LogP contribution is -2.51. The summed E-state index contributed by atoms with van der Waals surface area (Å²) in [6, 6.07) is 23.5. The molecule has 3 aliphatic rings. The van der Waals surface area contributed by atoms with Crippen LogP contribution >= 0.6 is 0 Å². The van der Waals surface area contributed by atoms with E-state index in [9.17, 15) is 13.5 Å². The van der Waals surface area contributed by atoms with Gasteiger partial charge >= 0.3 is 0 Å². The summed E-state index contributed by atoms with van der Waals surface area (Å²) in [6.45, 7) is 6.80. The standard InChI is InChI=1S/C36H43NO5S/c1-4-41-34(37-43(39,40)29-14-10-25(2)11-15-29)23-36(38)21-19-33-32-16-12-27-22-28(42-24-26-8-6-5-7-9-26)13-17-30(27)31(32)18-20-35(33,36)3/h5-11,13-15,17,22,31-33,38H,4,12,16,18-21,23-24H2,1-3H3/t31-,32-,33+,35+,36-/m1/s1. The molecular weight excluding hydrogens is 558 g/mol. The highest BCUT2D eigenvalue weighted by atomic mass is 32.2. The van der Waals surface area contributed by atoms with Crippen LogP contribution in [-0.4, -0.2) is 31.6 Å². The molecule has 0 saturated heterocycles. The summed E-state index contributed by atoms with van der Waals surface area (Å²) in [7, 11) is -3.95. The molecule has 0 aliphatic heterocycles. The van der Waals surface area contributed by atoms with Crippen molar-refractivity contribution in [3.63, 3.8) is 0 Å². The average Bonchev–Trinajstić information content (AvgIpc) is 3.26. The van der Waals surface area contributed by atoms with Crippen LogP contribution in [0.25, 0.3) is 0 Å². The number of hydrogen-bond acceptors (Lipinski definition) is 5. The van der Waals surface area contributed by atoms with Crippen LogP contribution in [0.1, 0.15) is 80.5 Å². The number of benzene rings is 3. The number of aliphatic hydroxyl groups is 1. The molecule has 3 aromatic carbocycles. The van der Waals surface area contributed by atoms with E-state index in [-0.39, 0.29) is 29.2 Å². The molecule has 43 heavy (non-hydrogen) atoms. The highest BCUT2D eigenvalue weighted by Crippen LogP contribution is 2.65. The second kappa shape index (κ2) is 11.7. The Labute approximate surface area is 256 Å². The van der Waals surface area contributed by atoms with Gasteiger partial charge in [0.2, 0.25) is 5.90 Å². The van der Waals surface area contributed by atoms with Gasteiger partial charge in [-0.05, 0) is 116 Å². The zero-order chi connectivity index (χ0) is 30.2. The molecule has 3 aliphatic carbocycles. The van der Waals surface area contributed by atoms with Gasteiger partial charge in [0.1, 0.15) is 12.4 Å². The molecular formula is C36H43NO5S. The Bertz CT molecular complexity index is 1590. The van der Waals surface area contributed by atoms with Crippen molar-refractivity contribution in [2.75, 3.05) is 6.61 Å². The molecule has 0 unspecified atom stereocenters. The van der Waals surface area contributed by atoms with Gasteiger partial charge in [0, 0.05) is 0 Å². The quantitative estimate of drug-likeness (QED) is 0.215. The first-order chi connectivity index (χ1) is 20.6. The number of nitrogens with zero attached hydrogens (tertiary/aromatic N) is 1. The second-order valence-corrected chi connectivity index (χ2v) is 14.6. The van der Waals surface area contributed by atoms with Crippen LogP contribution in [0.4, 0.5) is 0 Å². The van der Waals surface area contributed by atoms with E-state index in [1.807, 2.05) is 32.0 Å². The summed E-state index contributed by atoms with van der Waals surface area (Å²) in [4.78, 5) is 0.132. The Kier molecular flexibility index (Phi) is 8.16. The minimum absolute atomic E-state index is 0.103. The Morgan fingerprint density at radius 1 is 1.00 bits per heavy atom. The van der Waals surface area contributed by atoms with Crippen molar-refractivity contribution in [1.29, 1.82) is 0 Å². The van der Waals surface area contributed by atoms with Gasteiger partial charge in [0.15, 0.2) is 0 Å². The SMILES string of the molecule is CCOC(C[C@]1(O)CC[C@H]2[C@@H]3CCc4cc(OCc5ccccc5)ccc4[C@H]3CC[C@@]21C)=NS(=O)(=O)c1ccc(C)cc1. The zero-order valence-electron chi connectivity index (χ0n) is 25.5. The Hall–Kier alpha value is -3.16. The first kappa shape index (κ1) is 29.9. The Balaban J connectivity index is 1.19. The largest absolute Gasteiger partial charge is 0.489 e. The van der Waals surface area contributed by atoms with E-state index in [0.29, 0.717) is 30.8 Å². The molecule has 2 saturated carbocycles. The highest BCUT2D eigenvalue weighted by Gasteiger charge is 2.61. The summed E-state index contributed by atoms with van der Waals surface area (Å²) < 4.78 is 42.3. The highest BCUT2D eigenvalue weighted by molar-refractivity contribution is 7.90. The van der Waals surface area contributed by atoms with Gasteiger partial charge in [0.05, 0.1) is 23.5 Å². The van der Waals surface area contributed by atoms with Crippen molar-refractivity contribution in [2.24, 2.45) is 21.6 Å². The van der Waals surface area contributed by atoms with Crippen LogP contribution in [0.5, 0.6) is 5.75 Å². The maximum atomic E-state index is 13.2. The number of rotatable bonds is 8. The number of hydrogen-bond donors (Lipinski definition) is 1. The van der Waals surface area contributed by atoms with Gasteiger partial charge in [-0.25, -0.2) is 0 Å². The fraction of sp³-hybridized carbons (Fsp3) is 0.472. The Morgan fingerprint density at radius 3 is 2.51 bits per heavy atom. The summed E-state index contributed by atoms with van der Waals surface area (Å²) in [6.07, 6.45) is 5.62. The molecule has 6 rings (SSSR count). The first-order valence-corrected chi connectivity index (χ1v) is 17.1. The van der Waals surface area contributed by atoms with Crippen molar-refractivity contribution in [1.82, 2.24) is 0 Å².